The molecule has 8 heteroatoms. The van der Waals surface area contributed by atoms with Gasteiger partial charge < -0.3 is 10.7 Å². The molecule has 1 aromatic heterocycles. The van der Waals surface area contributed by atoms with Crippen molar-refractivity contribution in [2.45, 2.75) is 57.0 Å². The Morgan fingerprint density at radius 2 is 1.97 bits per heavy atom. The summed E-state index contributed by atoms with van der Waals surface area (Å²) in [5, 5.41) is 12.0. The van der Waals surface area contributed by atoms with Crippen LogP contribution in [0.15, 0.2) is 42.1 Å². The predicted octanol–water partition coefficient (Wildman–Crippen LogP) is 6.00. The van der Waals surface area contributed by atoms with Gasteiger partial charge in [-0.1, -0.05) is 24.9 Å². The first-order valence-corrected chi connectivity index (χ1v) is 12.3. The smallest absolute Gasteiger partial charge is 0.165 e. The van der Waals surface area contributed by atoms with Crippen molar-refractivity contribution < 1.29 is 12.8 Å². The summed E-state index contributed by atoms with van der Waals surface area (Å²) in [4.78, 5) is 4.36. The summed E-state index contributed by atoms with van der Waals surface area (Å²) < 4.78 is 39.2. The number of benzene rings is 1. The lowest BCUT2D eigenvalue weighted by Crippen LogP contribution is -2.41. The van der Waals surface area contributed by atoms with Crippen LogP contribution < -0.4 is 5.32 Å². The molecule has 1 aliphatic carbocycles. The fourth-order valence-corrected chi connectivity index (χ4v) is 4.78. The summed E-state index contributed by atoms with van der Waals surface area (Å²) in [5.74, 6) is -1.06. The van der Waals surface area contributed by atoms with Gasteiger partial charge in [-0.15, -0.1) is 0 Å². The molecule has 0 spiro atoms. The molecule has 0 atom stereocenters. The average Bonchev–Trinajstić information content (AvgIpc) is 3.54. The molecule has 166 valence electrons. The molecule has 2 N–H and O–H groups in total. The largest absolute Gasteiger partial charge is 0.354 e. The van der Waals surface area contributed by atoms with Crippen LogP contribution in [0.2, 0.25) is 5.02 Å². The number of rotatable bonds is 9. The number of anilines is 1. The van der Waals surface area contributed by atoms with Crippen LogP contribution in [0.5, 0.6) is 0 Å². The number of halogens is 2. The quantitative estimate of drug-likeness (QED) is 0.446. The van der Waals surface area contributed by atoms with Crippen LogP contribution in [-0.2, 0) is 15.6 Å². The maximum absolute atomic E-state index is 14.5. The van der Waals surface area contributed by atoms with Crippen LogP contribution in [0.3, 0.4) is 0 Å². The molecule has 0 unspecified atom stereocenters. The van der Waals surface area contributed by atoms with E-state index < -0.39 is 26.2 Å². The zero-order chi connectivity index (χ0) is 22.8. The summed E-state index contributed by atoms with van der Waals surface area (Å²) in [7, 11) is -3.79. The van der Waals surface area contributed by atoms with Gasteiger partial charge in [0.25, 0.3) is 0 Å². The minimum Gasteiger partial charge on any atom is -0.354 e. The second-order valence-corrected chi connectivity index (χ2v) is 11.2. The number of hydrogen-bond acceptors (Lipinski definition) is 5. The van der Waals surface area contributed by atoms with Crippen molar-refractivity contribution in [1.29, 1.82) is 5.41 Å². The minimum atomic E-state index is -3.79. The molecule has 1 fully saturated rings. The number of nitrogens with zero attached hydrogens (tertiary/aromatic N) is 1. The third-order valence-corrected chi connectivity index (χ3v) is 8.22. The lowest BCUT2D eigenvalue weighted by molar-refractivity contribution is 0.569. The predicted molar refractivity (Wildman–Crippen MR) is 125 cm³/mol. The van der Waals surface area contributed by atoms with Crippen LogP contribution in [0.25, 0.3) is 5.70 Å². The second kappa shape index (κ2) is 9.09. The molecule has 0 aliphatic heterocycles. The molecule has 1 aliphatic rings. The van der Waals surface area contributed by atoms with E-state index in [4.69, 9.17) is 17.0 Å². The van der Waals surface area contributed by atoms with E-state index in [0.29, 0.717) is 23.6 Å². The Kier molecular flexibility index (Phi) is 6.86. The number of hydrogen-bond donors (Lipinski definition) is 2. The zero-order valence-electron chi connectivity index (χ0n) is 17.9. The van der Waals surface area contributed by atoms with E-state index in [1.54, 1.807) is 18.3 Å². The topological polar surface area (TPSA) is 82.9 Å². The maximum Gasteiger partial charge on any atom is 0.165 e. The van der Waals surface area contributed by atoms with Crippen molar-refractivity contribution in [3.05, 3.63) is 64.2 Å². The molecule has 0 amide bonds. The van der Waals surface area contributed by atoms with Gasteiger partial charge >= 0.3 is 0 Å². The van der Waals surface area contributed by atoms with E-state index in [0.717, 1.165) is 24.2 Å². The van der Waals surface area contributed by atoms with E-state index in [-0.39, 0.29) is 11.3 Å². The van der Waals surface area contributed by atoms with Crippen LogP contribution in [0, 0.1) is 11.2 Å². The average molecular weight is 464 g/mol. The van der Waals surface area contributed by atoms with E-state index in [1.807, 2.05) is 13.0 Å². The van der Waals surface area contributed by atoms with Crippen molar-refractivity contribution in [1.82, 2.24) is 4.98 Å². The van der Waals surface area contributed by atoms with Gasteiger partial charge in [-0.2, -0.15) is 0 Å². The van der Waals surface area contributed by atoms with Gasteiger partial charge in [0.05, 0.1) is 22.2 Å². The third kappa shape index (κ3) is 5.33. The van der Waals surface area contributed by atoms with Crippen molar-refractivity contribution >= 4 is 38.5 Å². The van der Waals surface area contributed by atoms with Crippen molar-refractivity contribution in [3.8, 4) is 0 Å². The molecule has 1 saturated carbocycles. The molecule has 31 heavy (non-hydrogen) atoms. The molecule has 0 saturated heterocycles. The molecule has 1 aromatic carbocycles. The van der Waals surface area contributed by atoms with E-state index in [1.165, 1.54) is 31.6 Å². The fraction of sp³-hybridized carbons (Fsp3) is 0.391. The first kappa shape index (κ1) is 23.4. The SMILES string of the molecule is CCCC(=N)C(C)(C)S(=O)(=O)Cc1cc(NC(=C2CC2)c2ccc(Cl)cn2)ccc1F. The van der Waals surface area contributed by atoms with Gasteiger partial charge in [-0.25, -0.2) is 12.8 Å². The molecule has 3 rings (SSSR count). The Balaban J connectivity index is 1.87. The first-order valence-electron chi connectivity index (χ1n) is 10.2. The molecular weight excluding hydrogens is 437 g/mol. The number of aromatic nitrogens is 1. The standard InChI is InChI=1S/C23H27ClFN3O2S/c1-4-5-21(26)23(2,3)31(29,30)14-16-12-18(9-10-19(16)25)28-22(15-6-7-15)20-11-8-17(24)13-27-20/h8-13,26,28H,4-7,14H2,1-3H3. The van der Waals surface area contributed by atoms with Gasteiger partial charge in [-0.3, -0.25) is 4.98 Å². The Morgan fingerprint density at radius 3 is 2.55 bits per heavy atom. The zero-order valence-corrected chi connectivity index (χ0v) is 19.5. The van der Waals surface area contributed by atoms with E-state index in [2.05, 4.69) is 10.3 Å². The molecular formula is C23H27ClFN3O2S. The highest BCUT2D eigenvalue weighted by molar-refractivity contribution is 7.92. The van der Waals surface area contributed by atoms with Gasteiger partial charge in [0.2, 0.25) is 0 Å². The Labute approximate surface area is 188 Å². The molecule has 1 heterocycles. The summed E-state index contributed by atoms with van der Waals surface area (Å²) >= 11 is 5.94. The summed E-state index contributed by atoms with van der Waals surface area (Å²) in [6.07, 6.45) is 4.53. The summed E-state index contributed by atoms with van der Waals surface area (Å²) in [5.41, 5.74) is 3.55. The summed E-state index contributed by atoms with van der Waals surface area (Å²) in [6, 6.07) is 7.93. The minimum absolute atomic E-state index is 0.0755. The van der Waals surface area contributed by atoms with Gasteiger partial charge in [-0.05, 0) is 69.0 Å². The van der Waals surface area contributed by atoms with E-state index >= 15 is 0 Å². The highest BCUT2D eigenvalue weighted by Gasteiger charge is 2.38. The highest BCUT2D eigenvalue weighted by Crippen LogP contribution is 2.37. The second-order valence-electron chi connectivity index (χ2n) is 8.27. The van der Waals surface area contributed by atoms with Crippen LogP contribution in [0.4, 0.5) is 10.1 Å². The first-order chi connectivity index (χ1) is 14.5. The molecule has 0 bridgehead atoms. The van der Waals surface area contributed by atoms with Crippen LogP contribution in [-0.4, -0.2) is 23.9 Å². The van der Waals surface area contributed by atoms with Crippen LogP contribution >= 0.6 is 11.6 Å². The Bertz CT molecular complexity index is 1120. The molecule has 5 nitrogen and oxygen atoms in total. The van der Waals surface area contributed by atoms with Gasteiger partial charge in [0.15, 0.2) is 9.84 Å². The molecule has 2 aromatic rings. The summed E-state index contributed by atoms with van der Waals surface area (Å²) in [6.45, 7) is 4.93. The highest BCUT2D eigenvalue weighted by atomic mass is 35.5. The molecule has 0 radical (unpaired) electrons. The Morgan fingerprint density at radius 1 is 1.26 bits per heavy atom. The number of allylic oxidation sites excluding steroid dienone is 1. The maximum atomic E-state index is 14.5. The van der Waals surface area contributed by atoms with Gasteiger partial charge in [0, 0.05) is 23.2 Å². The van der Waals surface area contributed by atoms with Crippen molar-refractivity contribution in [2.75, 3.05) is 5.32 Å². The third-order valence-electron chi connectivity index (χ3n) is 5.50. The van der Waals surface area contributed by atoms with Crippen molar-refractivity contribution in [2.24, 2.45) is 0 Å². The Hall–Kier alpha value is -2.25. The van der Waals surface area contributed by atoms with Crippen LogP contribution in [0.1, 0.15) is 57.7 Å². The number of nitrogens with one attached hydrogen (secondary N) is 2. The van der Waals surface area contributed by atoms with Gasteiger partial charge in [0.1, 0.15) is 10.6 Å². The fourth-order valence-electron chi connectivity index (χ4n) is 3.20. The number of pyridine rings is 1. The van der Waals surface area contributed by atoms with Crippen molar-refractivity contribution in [3.63, 3.8) is 0 Å². The lowest BCUT2D eigenvalue weighted by atomic mass is 10.0. The normalized spacial score (nSPS) is 13.8. The lowest BCUT2D eigenvalue weighted by Gasteiger charge is -2.26. The monoisotopic (exact) mass is 463 g/mol. The number of sulfone groups is 1. The van der Waals surface area contributed by atoms with E-state index in [9.17, 15) is 12.8 Å².